The van der Waals surface area contributed by atoms with Crippen molar-refractivity contribution >= 4 is 11.9 Å². The lowest BCUT2D eigenvalue weighted by Crippen LogP contribution is -2.58. The molecule has 176 valence electrons. The van der Waals surface area contributed by atoms with Crippen molar-refractivity contribution in [1.82, 2.24) is 0 Å². The molecule has 0 bridgehead atoms. The standard InChI is InChI=1S/C25H40O6/c1-13(10-17(22(28)29)23(30)31)18-6-7-19-16-5-4-14-11-15(26)8-9-24(14,2)20(16)12-21(27)25(18,19)3/h13-21,26-27H,4-12H2,1-3H3,(H,28,29)(H,30,31)/t13-,14-,15-,16?,18-,19?,20?,21+,24+,25-/m1/s1. The highest BCUT2D eigenvalue weighted by Crippen LogP contribution is 2.68. The molecule has 4 aliphatic rings. The van der Waals surface area contributed by atoms with Crippen LogP contribution >= 0.6 is 0 Å². The minimum atomic E-state index is -1.38. The molecule has 10 atom stereocenters. The summed E-state index contributed by atoms with van der Waals surface area (Å²) in [7, 11) is 0. The van der Waals surface area contributed by atoms with Gasteiger partial charge < -0.3 is 20.4 Å². The maximum Gasteiger partial charge on any atom is 0.317 e. The Labute approximate surface area is 185 Å². The number of aliphatic hydroxyl groups excluding tert-OH is 2. The zero-order valence-electron chi connectivity index (χ0n) is 19.2. The molecular formula is C25H40O6. The van der Waals surface area contributed by atoms with Gasteiger partial charge in [0.05, 0.1) is 12.2 Å². The number of fused-ring (bicyclic) bond motifs is 5. The third kappa shape index (κ3) is 3.52. The first-order valence-corrected chi connectivity index (χ1v) is 12.3. The second kappa shape index (κ2) is 8.02. The molecule has 6 nitrogen and oxygen atoms in total. The second-order valence-electron chi connectivity index (χ2n) is 11.8. The molecule has 4 N–H and O–H groups in total. The van der Waals surface area contributed by atoms with Gasteiger partial charge in [-0.15, -0.1) is 0 Å². The first-order valence-electron chi connectivity index (χ1n) is 12.3. The number of rotatable bonds is 5. The molecule has 0 heterocycles. The average molecular weight is 437 g/mol. The molecule has 4 saturated carbocycles. The molecule has 0 aliphatic heterocycles. The van der Waals surface area contributed by atoms with Crippen LogP contribution in [0.25, 0.3) is 0 Å². The Morgan fingerprint density at radius 3 is 2.26 bits per heavy atom. The van der Waals surface area contributed by atoms with Crippen molar-refractivity contribution in [3.8, 4) is 0 Å². The molecule has 4 aliphatic carbocycles. The Morgan fingerprint density at radius 2 is 1.61 bits per heavy atom. The van der Waals surface area contributed by atoms with Crippen molar-refractivity contribution < 1.29 is 30.0 Å². The van der Waals surface area contributed by atoms with E-state index in [0.717, 1.165) is 51.4 Å². The van der Waals surface area contributed by atoms with E-state index in [2.05, 4.69) is 13.8 Å². The predicted octanol–water partition coefficient (Wildman–Crippen LogP) is 3.79. The fourth-order valence-electron chi connectivity index (χ4n) is 9.00. The van der Waals surface area contributed by atoms with Gasteiger partial charge >= 0.3 is 11.9 Å². The molecule has 0 radical (unpaired) electrons. The van der Waals surface area contributed by atoms with E-state index in [1.165, 1.54) is 0 Å². The molecule has 0 aromatic rings. The first kappa shape index (κ1) is 23.0. The van der Waals surface area contributed by atoms with E-state index in [9.17, 15) is 30.0 Å². The highest BCUT2D eigenvalue weighted by Gasteiger charge is 2.63. The van der Waals surface area contributed by atoms with Crippen molar-refractivity contribution in [3.63, 3.8) is 0 Å². The lowest BCUT2D eigenvalue weighted by molar-refractivity contribution is -0.176. The van der Waals surface area contributed by atoms with E-state index in [4.69, 9.17) is 0 Å². The normalized spacial score (nSPS) is 47.9. The van der Waals surface area contributed by atoms with E-state index in [1.54, 1.807) is 0 Å². The van der Waals surface area contributed by atoms with Gasteiger partial charge in [-0.05, 0) is 104 Å². The zero-order chi connectivity index (χ0) is 22.7. The van der Waals surface area contributed by atoms with Crippen LogP contribution in [0.2, 0.25) is 0 Å². The summed E-state index contributed by atoms with van der Waals surface area (Å²) >= 11 is 0. The predicted molar refractivity (Wildman–Crippen MR) is 115 cm³/mol. The number of aliphatic carboxylic acids is 2. The summed E-state index contributed by atoms with van der Waals surface area (Å²) in [6.07, 6.45) is 7.35. The number of hydrogen-bond donors (Lipinski definition) is 4. The van der Waals surface area contributed by atoms with Crippen molar-refractivity contribution in [2.45, 2.75) is 90.8 Å². The monoisotopic (exact) mass is 436 g/mol. The quantitative estimate of drug-likeness (QED) is 0.488. The number of carboxylic acid groups (broad SMARTS) is 2. The summed E-state index contributed by atoms with van der Waals surface area (Å²) in [6, 6.07) is 0. The SMILES string of the molecule is C[C@H](CC(C(=O)O)C(=O)O)[C@H]1CCC2C3CC[C@@H]4C[C@H](O)CC[C@]4(C)C3C[C@H](O)[C@@]21C. The van der Waals surface area contributed by atoms with Crippen LogP contribution in [0.3, 0.4) is 0 Å². The highest BCUT2D eigenvalue weighted by molar-refractivity contribution is 5.92. The molecule has 3 unspecified atom stereocenters. The van der Waals surface area contributed by atoms with Crippen LogP contribution in [0.4, 0.5) is 0 Å². The molecule has 31 heavy (non-hydrogen) atoms. The van der Waals surface area contributed by atoms with Gasteiger partial charge in [0.15, 0.2) is 5.92 Å². The van der Waals surface area contributed by atoms with E-state index >= 15 is 0 Å². The van der Waals surface area contributed by atoms with Crippen molar-refractivity contribution in [2.75, 3.05) is 0 Å². The van der Waals surface area contributed by atoms with Crippen LogP contribution < -0.4 is 0 Å². The number of carboxylic acids is 2. The average Bonchev–Trinajstić information content (AvgIpc) is 3.06. The third-order valence-electron chi connectivity index (χ3n) is 10.7. The van der Waals surface area contributed by atoms with Crippen LogP contribution in [0.1, 0.15) is 78.6 Å². The third-order valence-corrected chi connectivity index (χ3v) is 10.7. The Hall–Kier alpha value is -1.14. The lowest BCUT2D eigenvalue weighted by atomic mass is 9.43. The van der Waals surface area contributed by atoms with Gasteiger partial charge in [-0.25, -0.2) is 0 Å². The van der Waals surface area contributed by atoms with E-state index in [-0.39, 0.29) is 35.2 Å². The summed E-state index contributed by atoms with van der Waals surface area (Å²) in [6.45, 7) is 6.58. The maximum absolute atomic E-state index is 11.5. The summed E-state index contributed by atoms with van der Waals surface area (Å²) < 4.78 is 0. The fraction of sp³-hybridized carbons (Fsp3) is 0.920. The molecule has 6 heteroatoms. The molecule has 0 aromatic carbocycles. The number of carbonyl (C=O) groups is 2. The zero-order valence-corrected chi connectivity index (χ0v) is 19.2. The largest absolute Gasteiger partial charge is 0.481 e. The van der Waals surface area contributed by atoms with Gasteiger partial charge in [0.25, 0.3) is 0 Å². The maximum atomic E-state index is 11.5. The summed E-state index contributed by atoms with van der Waals surface area (Å²) in [4.78, 5) is 22.9. The highest BCUT2D eigenvalue weighted by atomic mass is 16.4. The van der Waals surface area contributed by atoms with E-state index < -0.39 is 24.0 Å². The molecule has 0 aromatic heterocycles. The smallest absolute Gasteiger partial charge is 0.317 e. The second-order valence-corrected chi connectivity index (χ2v) is 11.8. The molecule has 0 saturated heterocycles. The topological polar surface area (TPSA) is 115 Å². The first-order chi connectivity index (χ1) is 14.5. The fourth-order valence-corrected chi connectivity index (χ4v) is 9.00. The van der Waals surface area contributed by atoms with Gasteiger partial charge in [0.2, 0.25) is 0 Å². The Morgan fingerprint density at radius 1 is 0.935 bits per heavy atom. The summed E-state index contributed by atoms with van der Waals surface area (Å²) in [5, 5.41) is 40.4. The van der Waals surface area contributed by atoms with Gasteiger partial charge in [-0.2, -0.15) is 0 Å². The van der Waals surface area contributed by atoms with Crippen LogP contribution in [-0.2, 0) is 9.59 Å². The minimum Gasteiger partial charge on any atom is -0.481 e. The Bertz CT molecular complexity index is 709. The van der Waals surface area contributed by atoms with E-state index in [0.29, 0.717) is 23.7 Å². The van der Waals surface area contributed by atoms with Gasteiger partial charge in [-0.1, -0.05) is 20.8 Å². The van der Waals surface area contributed by atoms with Crippen LogP contribution in [-0.4, -0.2) is 44.6 Å². The van der Waals surface area contributed by atoms with E-state index in [1.807, 2.05) is 6.92 Å². The van der Waals surface area contributed by atoms with Gasteiger partial charge in [0, 0.05) is 0 Å². The summed E-state index contributed by atoms with van der Waals surface area (Å²) in [5.74, 6) is -1.84. The molecule has 4 fully saturated rings. The van der Waals surface area contributed by atoms with Crippen LogP contribution in [0.15, 0.2) is 0 Å². The van der Waals surface area contributed by atoms with Crippen LogP contribution in [0, 0.1) is 52.3 Å². The van der Waals surface area contributed by atoms with Crippen molar-refractivity contribution in [2.24, 2.45) is 52.3 Å². The van der Waals surface area contributed by atoms with Gasteiger partial charge in [0.1, 0.15) is 0 Å². The van der Waals surface area contributed by atoms with Gasteiger partial charge in [-0.3, -0.25) is 9.59 Å². The lowest BCUT2D eigenvalue weighted by Gasteiger charge is -2.62. The number of aliphatic hydroxyl groups is 2. The molecular weight excluding hydrogens is 396 g/mol. The summed E-state index contributed by atoms with van der Waals surface area (Å²) in [5.41, 5.74) is -0.0919. The Kier molecular flexibility index (Phi) is 5.96. The van der Waals surface area contributed by atoms with Crippen molar-refractivity contribution in [3.05, 3.63) is 0 Å². The molecule has 4 rings (SSSR count). The number of hydrogen-bond acceptors (Lipinski definition) is 4. The van der Waals surface area contributed by atoms with Crippen molar-refractivity contribution in [1.29, 1.82) is 0 Å². The minimum absolute atomic E-state index is 0.0600. The Balaban J connectivity index is 1.56. The van der Waals surface area contributed by atoms with Crippen LogP contribution in [0.5, 0.6) is 0 Å². The molecule has 0 amide bonds. The molecule has 0 spiro atoms.